The van der Waals surface area contributed by atoms with Crippen molar-refractivity contribution in [2.24, 2.45) is 11.8 Å². The van der Waals surface area contributed by atoms with Gasteiger partial charge in [-0.3, -0.25) is 0 Å². The fourth-order valence-corrected chi connectivity index (χ4v) is 3.64. The molecule has 2 heterocycles. The summed E-state index contributed by atoms with van der Waals surface area (Å²) in [4.78, 5) is 5.00. The van der Waals surface area contributed by atoms with Gasteiger partial charge in [0.2, 0.25) is 0 Å². The Kier molecular flexibility index (Phi) is 2.41. The molecule has 106 valence electrons. The van der Waals surface area contributed by atoms with E-state index >= 15 is 0 Å². The van der Waals surface area contributed by atoms with Crippen LogP contribution in [-0.2, 0) is 5.41 Å². The van der Waals surface area contributed by atoms with Gasteiger partial charge >= 0.3 is 0 Å². The van der Waals surface area contributed by atoms with Gasteiger partial charge in [0.05, 0.1) is 11.9 Å². The van der Waals surface area contributed by atoms with Crippen molar-refractivity contribution < 1.29 is 0 Å². The van der Waals surface area contributed by atoms with Gasteiger partial charge in [0, 0.05) is 24.1 Å². The van der Waals surface area contributed by atoms with Gasteiger partial charge in [-0.2, -0.15) is 9.61 Å². The smallest absolute Gasteiger partial charge is 0.160 e. The average Bonchev–Trinajstić information content (AvgIpc) is 3.35. The molecule has 20 heavy (non-hydrogen) atoms. The van der Waals surface area contributed by atoms with E-state index in [1.807, 2.05) is 17.8 Å². The molecular weight excluding hydrogens is 248 g/mol. The first-order valence-corrected chi connectivity index (χ1v) is 7.68. The highest BCUT2D eigenvalue weighted by Gasteiger charge is 2.53. The van der Waals surface area contributed by atoms with E-state index < -0.39 is 0 Å². The van der Waals surface area contributed by atoms with Crippen LogP contribution in [0.2, 0.25) is 0 Å². The molecule has 0 amide bonds. The molecule has 0 aromatic carbocycles. The lowest BCUT2D eigenvalue weighted by atomic mass is 9.76. The molecule has 2 fully saturated rings. The lowest BCUT2D eigenvalue weighted by Crippen LogP contribution is -2.29. The largest absolute Gasteiger partial charge is 0.373 e. The first-order valence-electron chi connectivity index (χ1n) is 7.68. The number of hydrogen-bond acceptors (Lipinski definition) is 3. The highest BCUT2D eigenvalue weighted by molar-refractivity contribution is 5.55. The molecule has 2 aromatic rings. The quantitative estimate of drug-likeness (QED) is 0.928. The molecule has 1 N–H and O–H groups in total. The van der Waals surface area contributed by atoms with Gasteiger partial charge in [-0.25, -0.2) is 4.98 Å². The maximum atomic E-state index is 5.00. The van der Waals surface area contributed by atoms with Gasteiger partial charge in [-0.15, -0.1) is 0 Å². The number of rotatable bonds is 4. The molecule has 0 unspecified atom stereocenters. The minimum Gasteiger partial charge on any atom is -0.373 e. The van der Waals surface area contributed by atoms with Crippen LogP contribution in [0.25, 0.3) is 5.65 Å². The Bertz CT molecular complexity index is 652. The minimum atomic E-state index is 0.268. The molecular formula is C16H22N4. The van der Waals surface area contributed by atoms with E-state index in [4.69, 9.17) is 4.98 Å². The number of fused-ring (bicyclic) bond motifs is 1. The highest BCUT2D eigenvalue weighted by atomic mass is 15.3. The maximum Gasteiger partial charge on any atom is 0.160 e. The second kappa shape index (κ2) is 3.96. The van der Waals surface area contributed by atoms with Crippen molar-refractivity contribution in [2.45, 2.75) is 44.9 Å². The summed E-state index contributed by atoms with van der Waals surface area (Å²) >= 11 is 0. The molecule has 2 aliphatic carbocycles. The van der Waals surface area contributed by atoms with Crippen molar-refractivity contribution >= 4 is 11.5 Å². The fraction of sp³-hybridized carbons (Fsp3) is 0.625. The molecule has 0 saturated heterocycles. The summed E-state index contributed by atoms with van der Waals surface area (Å²) in [5.41, 5.74) is 3.68. The minimum absolute atomic E-state index is 0.268. The zero-order valence-electron chi connectivity index (χ0n) is 12.5. The zero-order valence-corrected chi connectivity index (χ0v) is 12.5. The number of nitrogens with zero attached hydrogens (tertiary/aromatic N) is 3. The van der Waals surface area contributed by atoms with Crippen LogP contribution in [0.4, 0.5) is 5.82 Å². The van der Waals surface area contributed by atoms with Crippen LogP contribution in [0.1, 0.15) is 43.9 Å². The first-order chi connectivity index (χ1) is 9.64. The lowest BCUT2D eigenvalue weighted by Gasteiger charge is -2.30. The summed E-state index contributed by atoms with van der Waals surface area (Å²) in [6, 6.07) is 2.22. The maximum absolute atomic E-state index is 5.00. The number of anilines is 1. The summed E-state index contributed by atoms with van der Waals surface area (Å²) in [7, 11) is 1.96. The second-order valence-electron chi connectivity index (χ2n) is 6.67. The van der Waals surface area contributed by atoms with Crippen LogP contribution in [0.5, 0.6) is 0 Å². The molecule has 0 aliphatic heterocycles. The molecule has 4 heteroatoms. The molecule has 4 rings (SSSR count). The topological polar surface area (TPSA) is 42.2 Å². The SMILES string of the molecule is CNc1cc(C(C)(C2CC2)C2CC2)nc2c(C)cnn12. The third-order valence-electron chi connectivity index (χ3n) is 5.31. The van der Waals surface area contributed by atoms with Crippen molar-refractivity contribution in [3.63, 3.8) is 0 Å². The number of nitrogens with one attached hydrogen (secondary N) is 1. The van der Waals surface area contributed by atoms with Gasteiger partial charge in [-0.1, -0.05) is 6.92 Å². The molecule has 2 aromatic heterocycles. The third-order valence-corrected chi connectivity index (χ3v) is 5.31. The predicted octanol–water partition coefficient (Wildman–Crippen LogP) is 3.16. The van der Waals surface area contributed by atoms with Crippen LogP contribution >= 0.6 is 0 Å². The van der Waals surface area contributed by atoms with E-state index in [1.165, 1.54) is 31.4 Å². The fourth-order valence-electron chi connectivity index (χ4n) is 3.64. The summed E-state index contributed by atoms with van der Waals surface area (Å²) in [6.45, 7) is 4.52. The average molecular weight is 270 g/mol. The van der Waals surface area contributed by atoms with E-state index in [1.54, 1.807) is 0 Å². The predicted molar refractivity (Wildman–Crippen MR) is 80.1 cm³/mol. The van der Waals surface area contributed by atoms with Gasteiger partial charge < -0.3 is 5.32 Å². The van der Waals surface area contributed by atoms with Crippen molar-refractivity contribution in [2.75, 3.05) is 12.4 Å². The number of aromatic nitrogens is 3. The van der Waals surface area contributed by atoms with Gasteiger partial charge in [0.15, 0.2) is 5.65 Å². The Hall–Kier alpha value is -1.58. The summed E-state index contributed by atoms with van der Waals surface area (Å²) in [5, 5.41) is 7.70. The molecule has 2 saturated carbocycles. The summed E-state index contributed by atoms with van der Waals surface area (Å²) < 4.78 is 1.92. The van der Waals surface area contributed by atoms with Crippen LogP contribution in [-0.4, -0.2) is 21.6 Å². The highest BCUT2D eigenvalue weighted by Crippen LogP contribution is 2.58. The Morgan fingerprint density at radius 2 is 1.90 bits per heavy atom. The lowest BCUT2D eigenvalue weighted by molar-refractivity contribution is 0.344. The van der Waals surface area contributed by atoms with Crippen molar-refractivity contribution in [3.8, 4) is 0 Å². The molecule has 0 spiro atoms. The van der Waals surface area contributed by atoms with Crippen molar-refractivity contribution in [1.82, 2.24) is 14.6 Å². The van der Waals surface area contributed by atoms with Crippen LogP contribution in [0, 0.1) is 18.8 Å². The van der Waals surface area contributed by atoms with E-state index in [-0.39, 0.29) is 5.41 Å². The molecule has 0 bridgehead atoms. The van der Waals surface area contributed by atoms with E-state index in [9.17, 15) is 0 Å². The Morgan fingerprint density at radius 1 is 1.25 bits per heavy atom. The van der Waals surface area contributed by atoms with E-state index in [2.05, 4.69) is 30.3 Å². The first kappa shape index (κ1) is 12.2. The molecule has 0 radical (unpaired) electrons. The molecule has 4 nitrogen and oxygen atoms in total. The van der Waals surface area contributed by atoms with Gasteiger partial charge in [-0.05, 0) is 44.4 Å². The Labute approximate surface area is 119 Å². The number of hydrogen-bond donors (Lipinski definition) is 1. The Balaban J connectivity index is 1.92. The van der Waals surface area contributed by atoms with Crippen LogP contribution in [0.15, 0.2) is 12.3 Å². The molecule has 2 aliphatic rings. The standard InChI is InChI=1S/C16H22N4/c1-10-9-18-20-14(17-3)8-13(19-15(10)20)16(2,11-4-5-11)12-6-7-12/h8-9,11-12,17H,4-7H2,1-3H3. The van der Waals surface area contributed by atoms with Crippen LogP contribution < -0.4 is 5.32 Å². The Morgan fingerprint density at radius 3 is 2.45 bits per heavy atom. The van der Waals surface area contributed by atoms with E-state index in [0.29, 0.717) is 0 Å². The normalized spacial score (nSPS) is 19.6. The van der Waals surface area contributed by atoms with E-state index in [0.717, 1.165) is 28.9 Å². The van der Waals surface area contributed by atoms with Gasteiger partial charge in [0.1, 0.15) is 5.82 Å². The third kappa shape index (κ3) is 1.60. The van der Waals surface area contributed by atoms with Gasteiger partial charge in [0.25, 0.3) is 0 Å². The van der Waals surface area contributed by atoms with Crippen molar-refractivity contribution in [1.29, 1.82) is 0 Å². The van der Waals surface area contributed by atoms with Crippen molar-refractivity contribution in [3.05, 3.63) is 23.5 Å². The second-order valence-corrected chi connectivity index (χ2v) is 6.67. The van der Waals surface area contributed by atoms with Crippen LogP contribution in [0.3, 0.4) is 0 Å². The monoisotopic (exact) mass is 270 g/mol. The molecule has 0 atom stereocenters. The summed E-state index contributed by atoms with van der Waals surface area (Å²) in [5.74, 6) is 2.71. The summed E-state index contributed by atoms with van der Waals surface area (Å²) in [6.07, 6.45) is 7.37. The number of aryl methyl sites for hydroxylation is 1. The zero-order chi connectivity index (χ0) is 13.9.